The molecule has 3 heterocycles. The Morgan fingerprint density at radius 1 is 1.09 bits per heavy atom. The van der Waals surface area contributed by atoms with Gasteiger partial charge in [-0.25, -0.2) is 4.68 Å². The van der Waals surface area contributed by atoms with E-state index in [1.165, 1.54) is 0 Å². The number of hydrogen-bond acceptors (Lipinski definition) is 8. The molecule has 0 radical (unpaired) electrons. The third-order valence-corrected chi connectivity index (χ3v) is 6.00. The molecule has 0 unspecified atom stereocenters. The molecular formula is C24H28N6O4. The Labute approximate surface area is 197 Å². The Kier molecular flexibility index (Phi) is 5.72. The number of rotatable bonds is 6. The highest BCUT2D eigenvalue weighted by Crippen LogP contribution is 2.44. The minimum atomic E-state index is -0.793. The lowest BCUT2D eigenvalue weighted by atomic mass is 10.1. The first-order chi connectivity index (χ1) is 16.4. The van der Waals surface area contributed by atoms with E-state index in [0.717, 1.165) is 11.3 Å². The molecular weight excluding hydrogens is 436 g/mol. The molecule has 1 aromatic heterocycles. The van der Waals surface area contributed by atoms with E-state index in [9.17, 15) is 4.79 Å². The number of benzene rings is 2. The van der Waals surface area contributed by atoms with Crippen LogP contribution >= 0.6 is 0 Å². The quantitative estimate of drug-likeness (QED) is 0.475. The molecule has 178 valence electrons. The first-order valence-corrected chi connectivity index (χ1v) is 11.2. The fourth-order valence-electron chi connectivity index (χ4n) is 4.50. The highest BCUT2D eigenvalue weighted by molar-refractivity contribution is 5.97. The summed E-state index contributed by atoms with van der Waals surface area (Å²) >= 11 is 0. The molecule has 5 rings (SSSR count). The van der Waals surface area contributed by atoms with E-state index in [2.05, 4.69) is 20.9 Å². The molecule has 0 saturated carbocycles. The van der Waals surface area contributed by atoms with Crippen molar-refractivity contribution in [2.24, 2.45) is 0 Å². The summed E-state index contributed by atoms with van der Waals surface area (Å²) in [5.74, 6) is -1.13. The van der Waals surface area contributed by atoms with Gasteiger partial charge in [0.05, 0.1) is 11.4 Å². The van der Waals surface area contributed by atoms with E-state index in [-0.39, 0.29) is 23.8 Å². The average Bonchev–Trinajstić information content (AvgIpc) is 3.49. The number of ether oxygens (including phenoxy) is 3. The Balaban J connectivity index is 1.49. The fraction of sp³-hybridized carbons (Fsp3) is 0.375. The van der Waals surface area contributed by atoms with E-state index in [4.69, 9.17) is 19.9 Å². The van der Waals surface area contributed by atoms with E-state index in [1.807, 2.05) is 68.4 Å². The van der Waals surface area contributed by atoms with E-state index >= 15 is 0 Å². The second-order valence-corrected chi connectivity index (χ2v) is 8.77. The predicted octanol–water partition coefficient (Wildman–Crippen LogP) is 2.42. The predicted molar refractivity (Wildman–Crippen MR) is 126 cm³/mol. The van der Waals surface area contributed by atoms with Gasteiger partial charge in [0, 0.05) is 19.2 Å². The standard InChI is InChI=1S/C24H28N6O4/c1-24(2)33-20-17(13-27-16-12-8-7-11-15(16)25)32-23(21(20)34-24)30-19(14-9-5-4-6-10-14)18(28-29-30)22(31)26-3/h4-12,17,20-21,23,27H,13,25H2,1-3H3,(H,26,31)/t17-,20-,21-,23-/m1/s1. The molecule has 2 aliphatic heterocycles. The molecule has 1 amide bonds. The van der Waals surface area contributed by atoms with Gasteiger partial charge in [-0.05, 0) is 26.0 Å². The van der Waals surface area contributed by atoms with Gasteiger partial charge in [-0.1, -0.05) is 47.7 Å². The summed E-state index contributed by atoms with van der Waals surface area (Å²) in [5, 5.41) is 14.5. The molecule has 10 nitrogen and oxygen atoms in total. The Morgan fingerprint density at radius 3 is 2.53 bits per heavy atom. The maximum atomic E-state index is 12.6. The molecule has 0 spiro atoms. The lowest BCUT2D eigenvalue weighted by Crippen LogP contribution is -2.34. The number of nitrogens with zero attached hydrogens (tertiary/aromatic N) is 3. The van der Waals surface area contributed by atoms with Crippen molar-refractivity contribution in [1.29, 1.82) is 0 Å². The topological polar surface area (TPSA) is 126 Å². The summed E-state index contributed by atoms with van der Waals surface area (Å²) in [5.41, 5.74) is 9.11. The van der Waals surface area contributed by atoms with Gasteiger partial charge in [0.2, 0.25) is 0 Å². The number of carbonyl (C=O) groups excluding carboxylic acids is 1. The van der Waals surface area contributed by atoms with Crippen molar-refractivity contribution >= 4 is 17.3 Å². The molecule has 2 saturated heterocycles. The summed E-state index contributed by atoms with van der Waals surface area (Å²) in [6.07, 6.45) is -1.80. The molecule has 4 atom stereocenters. The minimum Gasteiger partial charge on any atom is -0.397 e. The van der Waals surface area contributed by atoms with Crippen LogP contribution in [0.15, 0.2) is 54.6 Å². The van der Waals surface area contributed by atoms with Gasteiger partial charge in [-0.3, -0.25) is 4.79 Å². The smallest absolute Gasteiger partial charge is 0.273 e. The fourth-order valence-corrected chi connectivity index (χ4v) is 4.50. The highest BCUT2D eigenvalue weighted by Gasteiger charge is 2.56. The second-order valence-electron chi connectivity index (χ2n) is 8.77. The van der Waals surface area contributed by atoms with E-state index in [1.54, 1.807) is 11.7 Å². The zero-order valence-corrected chi connectivity index (χ0v) is 19.3. The number of fused-ring (bicyclic) bond motifs is 1. The van der Waals surface area contributed by atoms with Crippen LogP contribution in [0.4, 0.5) is 11.4 Å². The number of nitrogens with one attached hydrogen (secondary N) is 2. The van der Waals surface area contributed by atoms with Gasteiger partial charge in [0.15, 0.2) is 17.7 Å². The van der Waals surface area contributed by atoms with E-state index in [0.29, 0.717) is 17.9 Å². The number of nitrogen functional groups attached to an aromatic ring is 1. The van der Waals surface area contributed by atoms with Crippen LogP contribution in [0.2, 0.25) is 0 Å². The maximum Gasteiger partial charge on any atom is 0.273 e. The molecule has 2 aromatic carbocycles. The molecule has 4 N–H and O–H groups in total. The van der Waals surface area contributed by atoms with Gasteiger partial charge >= 0.3 is 0 Å². The van der Waals surface area contributed by atoms with Crippen LogP contribution < -0.4 is 16.4 Å². The summed E-state index contributed by atoms with van der Waals surface area (Å²) < 4.78 is 20.5. The molecule has 3 aromatic rings. The average molecular weight is 465 g/mol. The van der Waals surface area contributed by atoms with Gasteiger partial charge in [-0.2, -0.15) is 0 Å². The first-order valence-electron chi connectivity index (χ1n) is 11.2. The lowest BCUT2D eigenvalue weighted by Gasteiger charge is -2.25. The van der Waals surface area contributed by atoms with Crippen molar-refractivity contribution in [3.05, 3.63) is 60.3 Å². The van der Waals surface area contributed by atoms with Gasteiger partial charge < -0.3 is 30.6 Å². The van der Waals surface area contributed by atoms with Crippen LogP contribution in [0.5, 0.6) is 0 Å². The van der Waals surface area contributed by atoms with E-state index < -0.39 is 18.1 Å². The van der Waals surface area contributed by atoms with Crippen LogP contribution in [0.3, 0.4) is 0 Å². The van der Waals surface area contributed by atoms with Crippen molar-refractivity contribution in [2.45, 2.75) is 44.2 Å². The zero-order chi connectivity index (χ0) is 23.9. The second kappa shape index (κ2) is 8.71. The van der Waals surface area contributed by atoms with Gasteiger partial charge in [-0.15, -0.1) is 5.10 Å². The monoisotopic (exact) mass is 464 g/mol. The summed E-state index contributed by atoms with van der Waals surface area (Å²) in [6.45, 7) is 4.19. The number of hydrogen-bond donors (Lipinski definition) is 3. The van der Waals surface area contributed by atoms with Crippen LogP contribution in [0, 0.1) is 0 Å². The number of amides is 1. The largest absolute Gasteiger partial charge is 0.397 e. The van der Waals surface area contributed by atoms with Crippen LogP contribution in [0.25, 0.3) is 11.3 Å². The zero-order valence-electron chi connectivity index (χ0n) is 19.3. The number of para-hydroxylation sites is 2. The normalized spacial score (nSPS) is 25.1. The van der Waals surface area contributed by atoms with Crippen LogP contribution in [0.1, 0.15) is 30.6 Å². The van der Waals surface area contributed by atoms with Crippen LogP contribution in [-0.2, 0) is 14.2 Å². The lowest BCUT2D eigenvalue weighted by molar-refractivity contribution is -0.196. The SMILES string of the molecule is CNC(=O)c1nnn([C@@H]2O[C@H](CNc3ccccc3N)[C@H]3OC(C)(C)O[C@H]32)c1-c1ccccc1. The Hall–Kier alpha value is -3.47. The molecule has 0 bridgehead atoms. The number of carbonyl (C=O) groups is 1. The number of nitrogens with two attached hydrogens (primary N) is 1. The minimum absolute atomic E-state index is 0.214. The molecule has 2 fully saturated rings. The third kappa shape index (κ3) is 4.00. The Morgan fingerprint density at radius 2 is 1.79 bits per heavy atom. The summed E-state index contributed by atoms with van der Waals surface area (Å²) in [6, 6.07) is 17.1. The van der Waals surface area contributed by atoms with Crippen molar-refractivity contribution in [2.75, 3.05) is 24.6 Å². The summed E-state index contributed by atoms with van der Waals surface area (Å²) in [4.78, 5) is 12.6. The van der Waals surface area contributed by atoms with Crippen LogP contribution in [-0.4, -0.2) is 58.6 Å². The third-order valence-electron chi connectivity index (χ3n) is 6.00. The van der Waals surface area contributed by atoms with Crippen molar-refractivity contribution in [3.63, 3.8) is 0 Å². The molecule has 0 aliphatic carbocycles. The number of anilines is 2. The van der Waals surface area contributed by atoms with Crippen molar-refractivity contribution in [3.8, 4) is 11.3 Å². The Bertz CT molecular complexity index is 1180. The molecule has 10 heteroatoms. The molecule has 2 aliphatic rings. The first kappa shape index (κ1) is 22.3. The van der Waals surface area contributed by atoms with Crippen molar-refractivity contribution in [1.82, 2.24) is 20.3 Å². The van der Waals surface area contributed by atoms with Crippen molar-refractivity contribution < 1.29 is 19.0 Å². The number of aromatic nitrogens is 3. The molecule has 34 heavy (non-hydrogen) atoms. The maximum absolute atomic E-state index is 12.6. The van der Waals surface area contributed by atoms with Gasteiger partial charge in [0.25, 0.3) is 5.91 Å². The van der Waals surface area contributed by atoms with Gasteiger partial charge in [0.1, 0.15) is 24.0 Å². The summed E-state index contributed by atoms with van der Waals surface area (Å²) in [7, 11) is 1.56. The highest BCUT2D eigenvalue weighted by atomic mass is 16.8.